The van der Waals surface area contributed by atoms with Crippen LogP contribution in [0.5, 0.6) is 0 Å². The summed E-state index contributed by atoms with van der Waals surface area (Å²) in [7, 11) is 0. The van der Waals surface area contributed by atoms with Crippen LogP contribution >= 0.6 is 0 Å². The maximum absolute atomic E-state index is 15.1. The van der Waals surface area contributed by atoms with Crippen LogP contribution in [-0.4, -0.2) is 33.6 Å². The van der Waals surface area contributed by atoms with Gasteiger partial charge in [-0.3, -0.25) is 4.79 Å². The zero-order chi connectivity index (χ0) is 24.5. The molecule has 0 radical (unpaired) electrons. The molecule has 1 aromatic carbocycles. The minimum absolute atomic E-state index is 0.0120. The topological polar surface area (TPSA) is 57.5 Å². The van der Waals surface area contributed by atoms with Gasteiger partial charge in [-0.1, -0.05) is 42.8 Å². The molecule has 5 rings (SSSR count). The monoisotopic (exact) mass is 466 g/mol. The highest BCUT2D eigenvalue weighted by molar-refractivity contribution is 5.94. The Morgan fingerprint density at radius 1 is 1.18 bits per heavy atom. The van der Waals surface area contributed by atoms with E-state index in [1.54, 1.807) is 18.1 Å². The SMILES string of the molecule is C#CC(F)(F)[C@]1(O)CCC2C3CCC4=CC(O)CCC4=C3C(c3ccc(C(C)=O)cc3)C[C@@]21C. The number of rotatable bonds is 3. The number of terminal acetylenes is 1. The van der Waals surface area contributed by atoms with Gasteiger partial charge in [-0.05, 0) is 86.3 Å². The average molecular weight is 467 g/mol. The van der Waals surface area contributed by atoms with Crippen LogP contribution < -0.4 is 0 Å². The standard InChI is InChI=1S/C29H32F2O3/c1-4-29(30,31)28(34)14-13-25-23-11-9-20-15-21(33)10-12-22(20)26(23)24(16-27(25,28)3)19-7-5-18(6-8-19)17(2)32/h1,5-8,15,21,23-25,33-34H,9-14,16H2,2-3H3/t21?,23?,24?,25?,27-,28-/m0/s1. The highest BCUT2D eigenvalue weighted by Crippen LogP contribution is 2.69. The fraction of sp³-hybridized carbons (Fsp3) is 0.552. The van der Waals surface area contributed by atoms with Crippen LogP contribution in [0.25, 0.3) is 0 Å². The van der Waals surface area contributed by atoms with E-state index in [-0.39, 0.29) is 30.0 Å². The molecule has 6 atom stereocenters. The Kier molecular flexibility index (Phi) is 5.42. The van der Waals surface area contributed by atoms with Crippen LogP contribution in [0.2, 0.25) is 0 Å². The fourth-order valence-electron chi connectivity index (χ4n) is 7.67. The van der Waals surface area contributed by atoms with E-state index < -0.39 is 23.0 Å². The van der Waals surface area contributed by atoms with Gasteiger partial charge in [-0.15, -0.1) is 6.42 Å². The Labute approximate surface area is 200 Å². The van der Waals surface area contributed by atoms with Gasteiger partial charge in [0.05, 0.1) is 6.10 Å². The summed E-state index contributed by atoms with van der Waals surface area (Å²) >= 11 is 0. The van der Waals surface area contributed by atoms with E-state index in [4.69, 9.17) is 6.42 Å². The number of carbonyl (C=O) groups is 1. The molecule has 5 heteroatoms. The number of allylic oxidation sites excluding steroid dienone is 3. The third kappa shape index (κ3) is 3.18. The molecule has 0 aliphatic heterocycles. The summed E-state index contributed by atoms with van der Waals surface area (Å²) in [6, 6.07) is 7.46. The Balaban J connectivity index is 1.68. The highest BCUT2D eigenvalue weighted by Gasteiger charge is 2.71. The summed E-state index contributed by atoms with van der Waals surface area (Å²) < 4.78 is 30.2. The molecule has 0 amide bonds. The molecule has 0 heterocycles. The van der Waals surface area contributed by atoms with Crippen molar-refractivity contribution in [1.82, 2.24) is 0 Å². The van der Waals surface area contributed by atoms with E-state index in [0.29, 0.717) is 24.8 Å². The minimum Gasteiger partial charge on any atom is -0.389 e. The Bertz CT molecular complexity index is 1130. The number of benzene rings is 1. The Hall–Kier alpha value is -2.29. The lowest BCUT2D eigenvalue weighted by atomic mass is 9.50. The molecule has 0 spiro atoms. The van der Waals surface area contributed by atoms with Gasteiger partial charge in [-0.25, -0.2) is 0 Å². The lowest BCUT2D eigenvalue weighted by molar-refractivity contribution is -0.209. The number of carbonyl (C=O) groups excluding carboxylic acids is 1. The largest absolute Gasteiger partial charge is 0.389 e. The van der Waals surface area contributed by atoms with Gasteiger partial charge in [0.25, 0.3) is 0 Å². The van der Waals surface area contributed by atoms with Crippen molar-refractivity contribution >= 4 is 5.78 Å². The maximum Gasteiger partial charge on any atom is 0.336 e. The normalized spacial score (nSPS) is 37.3. The maximum atomic E-state index is 15.1. The van der Waals surface area contributed by atoms with Gasteiger partial charge in [0.2, 0.25) is 0 Å². The molecular formula is C29H32F2O3. The number of Topliss-reactive ketones (excluding diaryl/α,β-unsaturated/α-hetero) is 1. The van der Waals surface area contributed by atoms with Crippen molar-refractivity contribution in [3.8, 4) is 12.3 Å². The average Bonchev–Trinajstić information content (AvgIpc) is 3.10. The summed E-state index contributed by atoms with van der Waals surface area (Å²) in [5.74, 6) is -2.18. The van der Waals surface area contributed by atoms with Crippen molar-refractivity contribution in [2.24, 2.45) is 17.3 Å². The number of alkyl halides is 2. The van der Waals surface area contributed by atoms with Gasteiger partial charge >= 0.3 is 5.92 Å². The number of aliphatic hydroxyl groups is 2. The van der Waals surface area contributed by atoms with Crippen molar-refractivity contribution in [2.45, 2.75) is 82.3 Å². The lowest BCUT2D eigenvalue weighted by Crippen LogP contribution is -2.60. The summed E-state index contributed by atoms with van der Waals surface area (Å²) in [5.41, 5.74) is 2.02. The van der Waals surface area contributed by atoms with Crippen molar-refractivity contribution in [1.29, 1.82) is 0 Å². The third-order valence-corrected chi connectivity index (χ3v) is 9.43. The molecule has 2 saturated carbocycles. The molecule has 2 fully saturated rings. The van der Waals surface area contributed by atoms with Gasteiger partial charge < -0.3 is 10.2 Å². The molecule has 2 N–H and O–H groups in total. The number of hydrogen-bond acceptors (Lipinski definition) is 3. The molecule has 180 valence electrons. The predicted octanol–water partition coefficient (Wildman–Crippen LogP) is 5.58. The van der Waals surface area contributed by atoms with Crippen molar-refractivity contribution in [2.75, 3.05) is 0 Å². The van der Waals surface area contributed by atoms with Crippen LogP contribution in [0.3, 0.4) is 0 Å². The van der Waals surface area contributed by atoms with Crippen molar-refractivity contribution in [3.63, 3.8) is 0 Å². The van der Waals surface area contributed by atoms with Gasteiger partial charge in [0.15, 0.2) is 5.78 Å². The fourth-order valence-corrected chi connectivity index (χ4v) is 7.67. The molecule has 0 aromatic heterocycles. The predicted molar refractivity (Wildman–Crippen MR) is 126 cm³/mol. The molecule has 4 aliphatic rings. The van der Waals surface area contributed by atoms with E-state index in [9.17, 15) is 15.0 Å². The van der Waals surface area contributed by atoms with Gasteiger partial charge in [0.1, 0.15) is 5.60 Å². The number of hydrogen-bond donors (Lipinski definition) is 2. The van der Waals surface area contributed by atoms with Crippen LogP contribution in [0.4, 0.5) is 8.78 Å². The molecule has 34 heavy (non-hydrogen) atoms. The molecule has 4 unspecified atom stereocenters. The molecule has 0 bridgehead atoms. The molecule has 0 saturated heterocycles. The van der Waals surface area contributed by atoms with Gasteiger partial charge in [-0.2, -0.15) is 8.78 Å². The van der Waals surface area contributed by atoms with Gasteiger partial charge in [0, 0.05) is 16.9 Å². The minimum atomic E-state index is -3.61. The smallest absolute Gasteiger partial charge is 0.336 e. The second-order valence-corrected chi connectivity index (χ2v) is 11.0. The van der Waals surface area contributed by atoms with E-state index in [0.717, 1.165) is 24.8 Å². The second kappa shape index (κ2) is 7.86. The number of ketones is 1. The van der Waals surface area contributed by atoms with Crippen LogP contribution in [0.15, 0.2) is 47.1 Å². The van der Waals surface area contributed by atoms with Crippen LogP contribution in [0.1, 0.15) is 80.6 Å². The molecule has 3 nitrogen and oxygen atoms in total. The zero-order valence-electron chi connectivity index (χ0n) is 19.8. The number of aliphatic hydroxyl groups excluding tert-OH is 1. The molecule has 1 aromatic rings. The summed E-state index contributed by atoms with van der Waals surface area (Å²) in [4.78, 5) is 11.8. The Morgan fingerprint density at radius 3 is 2.53 bits per heavy atom. The summed E-state index contributed by atoms with van der Waals surface area (Å²) in [6.07, 6.45) is 10.7. The van der Waals surface area contributed by atoms with E-state index in [2.05, 4.69) is 0 Å². The second-order valence-electron chi connectivity index (χ2n) is 11.0. The van der Waals surface area contributed by atoms with Crippen molar-refractivity contribution < 1.29 is 23.8 Å². The first-order chi connectivity index (χ1) is 16.0. The van der Waals surface area contributed by atoms with E-state index >= 15 is 8.78 Å². The quantitative estimate of drug-likeness (QED) is 0.452. The number of halogens is 2. The first kappa shape index (κ1) is 23.5. The van der Waals surface area contributed by atoms with Crippen LogP contribution in [-0.2, 0) is 0 Å². The third-order valence-electron chi connectivity index (χ3n) is 9.43. The van der Waals surface area contributed by atoms with E-state index in [1.165, 1.54) is 23.6 Å². The van der Waals surface area contributed by atoms with Crippen molar-refractivity contribution in [3.05, 3.63) is 58.2 Å². The first-order valence-electron chi connectivity index (χ1n) is 12.3. The summed E-state index contributed by atoms with van der Waals surface area (Å²) in [5, 5.41) is 21.7. The first-order valence-corrected chi connectivity index (χ1v) is 12.3. The lowest BCUT2D eigenvalue weighted by Gasteiger charge is -2.55. The zero-order valence-corrected chi connectivity index (χ0v) is 19.8. The van der Waals surface area contributed by atoms with Crippen LogP contribution in [0, 0.1) is 29.6 Å². The van der Waals surface area contributed by atoms with E-state index in [1.807, 2.05) is 25.1 Å². The summed E-state index contributed by atoms with van der Waals surface area (Å²) in [6.45, 7) is 3.33. The Morgan fingerprint density at radius 2 is 1.88 bits per heavy atom. The number of fused-ring (bicyclic) bond motifs is 4. The highest BCUT2D eigenvalue weighted by atomic mass is 19.3. The molecular weight excluding hydrogens is 434 g/mol. The molecule has 4 aliphatic carbocycles.